The average molecular weight is 545 g/mol. The van der Waals surface area contributed by atoms with E-state index in [1.54, 1.807) is 0 Å². The van der Waals surface area contributed by atoms with Gasteiger partial charge in [0, 0.05) is 49.6 Å². The average Bonchev–Trinajstić information content (AvgIpc) is 2.87. The minimum absolute atomic E-state index is 0.0528. The molecule has 0 spiro atoms. The van der Waals surface area contributed by atoms with Crippen molar-refractivity contribution in [1.82, 2.24) is 9.80 Å². The summed E-state index contributed by atoms with van der Waals surface area (Å²) in [6.45, 7) is 20.7. The van der Waals surface area contributed by atoms with Crippen molar-refractivity contribution < 1.29 is 4.39 Å². The maximum atomic E-state index is 14.1. The van der Waals surface area contributed by atoms with Gasteiger partial charge in [-0.2, -0.15) is 0 Å². The highest BCUT2D eigenvalue weighted by Crippen LogP contribution is 2.37. The van der Waals surface area contributed by atoms with Crippen LogP contribution in [0.2, 0.25) is 10.0 Å². The lowest BCUT2D eigenvalue weighted by Gasteiger charge is -2.36. The van der Waals surface area contributed by atoms with Crippen LogP contribution in [0.25, 0.3) is 0 Å². The van der Waals surface area contributed by atoms with Gasteiger partial charge in [0.25, 0.3) is 0 Å². The molecule has 0 aliphatic carbocycles. The number of piperidine rings is 1. The molecule has 37 heavy (non-hydrogen) atoms. The number of benzene rings is 1. The van der Waals surface area contributed by atoms with Crippen molar-refractivity contribution in [3.8, 4) is 0 Å². The highest BCUT2D eigenvalue weighted by molar-refractivity contribution is 6.36. The van der Waals surface area contributed by atoms with Gasteiger partial charge in [0.05, 0.1) is 5.02 Å². The zero-order chi connectivity index (χ0) is 27.7. The smallest absolute Gasteiger partial charge is 0.142 e. The van der Waals surface area contributed by atoms with E-state index in [4.69, 9.17) is 28.9 Å². The molecule has 1 saturated heterocycles. The number of hydrogen-bond donors (Lipinski definition) is 1. The van der Waals surface area contributed by atoms with Gasteiger partial charge in [0.1, 0.15) is 5.82 Å². The van der Waals surface area contributed by atoms with Crippen molar-refractivity contribution in [3.05, 3.63) is 111 Å². The van der Waals surface area contributed by atoms with Crippen molar-refractivity contribution >= 4 is 23.2 Å². The standard InChI is InChI=1S/C31H40Cl2FN3/c1-8-21(4)19-37-15-13-27(14-16-37)36(7)20-25(10-3)24(9-2)18-26(23(6)35)17-22(5)30-28(32)11-12-29(34)31(30)33/h9-12,18,20,22,27H,1-3,13-17,19,35H2,4-7H3/b24-18+,25-20+,26-23+. The molecule has 6 heteroatoms. The molecule has 1 aliphatic heterocycles. The van der Waals surface area contributed by atoms with E-state index >= 15 is 0 Å². The van der Waals surface area contributed by atoms with E-state index in [1.807, 2.05) is 32.1 Å². The Balaban J connectivity index is 2.23. The van der Waals surface area contributed by atoms with E-state index in [0.717, 1.165) is 49.2 Å². The highest BCUT2D eigenvalue weighted by Gasteiger charge is 2.22. The third-order valence-corrected chi connectivity index (χ3v) is 7.66. The number of rotatable bonds is 11. The predicted octanol–water partition coefficient (Wildman–Crippen LogP) is 8.17. The Labute approximate surface area is 232 Å². The summed E-state index contributed by atoms with van der Waals surface area (Å²) in [6, 6.07) is 3.26. The Morgan fingerprint density at radius 2 is 1.84 bits per heavy atom. The zero-order valence-electron chi connectivity index (χ0n) is 22.6. The van der Waals surface area contributed by atoms with Gasteiger partial charge < -0.3 is 10.6 Å². The molecule has 0 aromatic heterocycles. The molecule has 2 N–H and O–H groups in total. The first-order chi connectivity index (χ1) is 17.5. The SMILES string of the molecule is C=C=C(C)CN1CCC(N(C)/C=C(C=C)/C(C=C)=C/C(CC(C)c2c(Cl)ccc(F)c2Cl)=C(\C)N)CC1. The molecular weight excluding hydrogens is 504 g/mol. The monoisotopic (exact) mass is 543 g/mol. The Morgan fingerprint density at radius 3 is 2.38 bits per heavy atom. The molecular formula is C31H40Cl2FN3. The van der Waals surface area contributed by atoms with E-state index in [1.165, 1.54) is 17.7 Å². The second-order valence-electron chi connectivity index (χ2n) is 9.79. The van der Waals surface area contributed by atoms with Crippen molar-refractivity contribution in [1.29, 1.82) is 0 Å². The van der Waals surface area contributed by atoms with Crippen LogP contribution in [0.15, 0.2) is 90.0 Å². The molecule has 1 aliphatic rings. The number of nitrogens with zero attached hydrogens (tertiary/aromatic N) is 2. The van der Waals surface area contributed by atoms with E-state index < -0.39 is 5.82 Å². The van der Waals surface area contributed by atoms with Gasteiger partial charge in [-0.05, 0) is 85.1 Å². The first kappa shape index (κ1) is 30.7. The third kappa shape index (κ3) is 8.51. The summed E-state index contributed by atoms with van der Waals surface area (Å²) < 4.78 is 14.1. The number of allylic oxidation sites excluding steroid dienone is 7. The predicted molar refractivity (Wildman–Crippen MR) is 158 cm³/mol. The summed E-state index contributed by atoms with van der Waals surface area (Å²) in [4.78, 5) is 4.72. The molecule has 200 valence electrons. The lowest BCUT2D eigenvalue weighted by atomic mass is 9.90. The maximum absolute atomic E-state index is 14.1. The van der Waals surface area contributed by atoms with E-state index in [2.05, 4.69) is 55.4 Å². The van der Waals surface area contributed by atoms with Crippen LogP contribution in [0.4, 0.5) is 4.39 Å². The second-order valence-corrected chi connectivity index (χ2v) is 10.6. The fourth-order valence-corrected chi connectivity index (χ4v) is 5.40. The number of halogens is 3. The minimum Gasteiger partial charge on any atom is -0.402 e. The van der Waals surface area contributed by atoms with Crippen LogP contribution in [0.1, 0.15) is 51.5 Å². The molecule has 0 bridgehead atoms. The van der Waals surface area contributed by atoms with Crippen molar-refractivity contribution in [3.63, 3.8) is 0 Å². The largest absolute Gasteiger partial charge is 0.402 e. The van der Waals surface area contributed by atoms with Gasteiger partial charge in [-0.25, -0.2) is 4.39 Å². The lowest BCUT2D eigenvalue weighted by molar-refractivity contribution is 0.164. The first-order valence-electron chi connectivity index (χ1n) is 12.6. The molecule has 1 unspecified atom stereocenters. The van der Waals surface area contributed by atoms with Gasteiger partial charge in [0.2, 0.25) is 0 Å². The molecule has 1 atom stereocenters. The molecule has 1 heterocycles. The number of likely N-dealkylation sites (tertiary alicyclic amines) is 1. The third-order valence-electron chi connectivity index (χ3n) is 6.95. The van der Waals surface area contributed by atoms with Gasteiger partial charge in [0.15, 0.2) is 0 Å². The molecule has 1 aromatic rings. The van der Waals surface area contributed by atoms with Crippen LogP contribution in [0.3, 0.4) is 0 Å². The van der Waals surface area contributed by atoms with Crippen molar-refractivity contribution in [2.75, 3.05) is 26.7 Å². The van der Waals surface area contributed by atoms with Gasteiger partial charge >= 0.3 is 0 Å². The molecule has 1 aromatic carbocycles. The lowest BCUT2D eigenvalue weighted by Crippen LogP contribution is -2.42. The molecule has 2 rings (SSSR count). The zero-order valence-corrected chi connectivity index (χ0v) is 24.1. The summed E-state index contributed by atoms with van der Waals surface area (Å²) in [5.74, 6) is -0.626. The summed E-state index contributed by atoms with van der Waals surface area (Å²) in [6.07, 6.45) is 10.5. The summed E-state index contributed by atoms with van der Waals surface area (Å²) in [7, 11) is 2.11. The molecule has 0 amide bonds. The quantitative estimate of drug-likeness (QED) is 0.173. The maximum Gasteiger partial charge on any atom is 0.142 e. The normalized spacial score (nSPS) is 17.1. The van der Waals surface area contributed by atoms with Crippen LogP contribution in [0, 0.1) is 5.82 Å². The minimum atomic E-state index is -0.483. The second kappa shape index (κ2) is 14.4. The Hall–Kier alpha value is -2.49. The van der Waals surface area contributed by atoms with Crippen LogP contribution >= 0.6 is 23.2 Å². The van der Waals surface area contributed by atoms with E-state index in [0.29, 0.717) is 28.7 Å². The van der Waals surface area contributed by atoms with Crippen LogP contribution < -0.4 is 5.73 Å². The number of hydrogen-bond acceptors (Lipinski definition) is 3. The van der Waals surface area contributed by atoms with E-state index in [9.17, 15) is 4.39 Å². The van der Waals surface area contributed by atoms with Crippen LogP contribution in [0.5, 0.6) is 0 Å². The van der Waals surface area contributed by atoms with Gasteiger partial charge in [-0.1, -0.05) is 62.0 Å². The van der Waals surface area contributed by atoms with Crippen molar-refractivity contribution in [2.45, 2.75) is 52.0 Å². The van der Waals surface area contributed by atoms with Gasteiger partial charge in [-0.15, -0.1) is 5.73 Å². The summed E-state index contributed by atoms with van der Waals surface area (Å²) in [5.41, 5.74) is 14.5. The molecule has 0 radical (unpaired) electrons. The highest BCUT2D eigenvalue weighted by atomic mass is 35.5. The Morgan fingerprint density at radius 1 is 1.22 bits per heavy atom. The van der Waals surface area contributed by atoms with Crippen LogP contribution in [-0.4, -0.2) is 42.5 Å². The molecule has 3 nitrogen and oxygen atoms in total. The fraction of sp³-hybridized carbons (Fsp3) is 0.387. The van der Waals surface area contributed by atoms with Gasteiger partial charge in [-0.3, -0.25) is 4.90 Å². The van der Waals surface area contributed by atoms with Crippen molar-refractivity contribution in [2.24, 2.45) is 5.73 Å². The first-order valence-corrected chi connectivity index (χ1v) is 13.3. The van der Waals surface area contributed by atoms with Crippen LogP contribution in [-0.2, 0) is 0 Å². The Bertz CT molecular complexity index is 1130. The topological polar surface area (TPSA) is 32.5 Å². The number of nitrogens with two attached hydrogens (primary N) is 1. The Kier molecular flexibility index (Phi) is 12.0. The van der Waals surface area contributed by atoms with E-state index in [-0.39, 0.29) is 10.9 Å². The summed E-state index contributed by atoms with van der Waals surface area (Å²) >= 11 is 12.6. The summed E-state index contributed by atoms with van der Waals surface area (Å²) in [5, 5.41) is 0.493. The fourth-order valence-electron chi connectivity index (χ4n) is 4.65. The molecule has 1 fully saturated rings. The molecule has 0 saturated carbocycles.